The van der Waals surface area contributed by atoms with Gasteiger partial charge in [-0.3, -0.25) is 4.40 Å². The van der Waals surface area contributed by atoms with Crippen LogP contribution in [0.3, 0.4) is 0 Å². The lowest BCUT2D eigenvalue weighted by Crippen LogP contribution is -2.11. The zero-order valence-electron chi connectivity index (χ0n) is 12.7. The molecule has 1 atom stereocenters. The number of nitrogens with zero attached hydrogens (tertiary/aromatic N) is 4. The predicted octanol–water partition coefficient (Wildman–Crippen LogP) is 4.35. The van der Waals surface area contributed by atoms with E-state index in [4.69, 9.17) is 0 Å². The molecule has 0 amide bonds. The summed E-state index contributed by atoms with van der Waals surface area (Å²) in [5, 5.41) is 12.6. The van der Waals surface area contributed by atoms with Crippen LogP contribution in [0.4, 0.5) is 10.2 Å². The highest BCUT2D eigenvalue weighted by Crippen LogP contribution is 2.24. The molecule has 0 aliphatic heterocycles. The van der Waals surface area contributed by atoms with Gasteiger partial charge in [0.25, 0.3) is 0 Å². The molecular weight excluding hydrogens is 373 g/mol. The lowest BCUT2D eigenvalue weighted by Gasteiger charge is -2.13. The molecule has 0 spiro atoms. The van der Waals surface area contributed by atoms with E-state index >= 15 is 0 Å². The van der Waals surface area contributed by atoms with Crippen molar-refractivity contribution in [3.8, 4) is 0 Å². The summed E-state index contributed by atoms with van der Waals surface area (Å²) in [6.45, 7) is 1.98. The molecule has 7 heteroatoms. The highest BCUT2D eigenvalue weighted by molar-refractivity contribution is 9.10. The highest BCUT2D eigenvalue weighted by atomic mass is 79.9. The molecule has 0 bridgehead atoms. The molecule has 1 unspecified atom stereocenters. The standard InChI is InChI=1S/C17H13BrFN5/c1-10(17-23-22-16-4-2-3-7-24(16)17)20-15-6-5-11-8-12(18)13(19)9-14(11)21-15/h2-10H,1H3,(H,20,21). The van der Waals surface area contributed by atoms with Gasteiger partial charge >= 0.3 is 0 Å². The van der Waals surface area contributed by atoms with E-state index in [0.29, 0.717) is 15.8 Å². The summed E-state index contributed by atoms with van der Waals surface area (Å²) in [5.41, 5.74) is 1.39. The Kier molecular flexibility index (Phi) is 3.65. The second-order valence-corrected chi connectivity index (χ2v) is 6.36. The van der Waals surface area contributed by atoms with Crippen LogP contribution in [0.5, 0.6) is 0 Å². The number of fused-ring (bicyclic) bond motifs is 2. The Morgan fingerprint density at radius 3 is 2.92 bits per heavy atom. The average molecular weight is 386 g/mol. The smallest absolute Gasteiger partial charge is 0.160 e. The number of rotatable bonds is 3. The second-order valence-electron chi connectivity index (χ2n) is 5.51. The number of aromatic nitrogens is 4. The third-order valence-electron chi connectivity index (χ3n) is 3.82. The third kappa shape index (κ3) is 2.60. The molecular formula is C17H13BrFN5. The zero-order valence-corrected chi connectivity index (χ0v) is 14.3. The summed E-state index contributed by atoms with van der Waals surface area (Å²) in [6, 6.07) is 12.6. The first-order chi connectivity index (χ1) is 11.6. The van der Waals surface area contributed by atoms with Gasteiger partial charge < -0.3 is 5.32 Å². The number of halogens is 2. The van der Waals surface area contributed by atoms with E-state index in [1.54, 1.807) is 6.07 Å². The van der Waals surface area contributed by atoms with Crippen LogP contribution in [0, 0.1) is 5.82 Å². The molecule has 0 fully saturated rings. The Bertz CT molecular complexity index is 1050. The Hall–Kier alpha value is -2.54. The molecule has 5 nitrogen and oxygen atoms in total. The summed E-state index contributed by atoms with van der Waals surface area (Å²) < 4.78 is 16.1. The van der Waals surface area contributed by atoms with Crippen LogP contribution in [-0.4, -0.2) is 19.6 Å². The van der Waals surface area contributed by atoms with Crippen LogP contribution >= 0.6 is 15.9 Å². The maximum atomic E-state index is 13.7. The van der Waals surface area contributed by atoms with E-state index in [1.165, 1.54) is 6.07 Å². The zero-order chi connectivity index (χ0) is 16.7. The van der Waals surface area contributed by atoms with Crippen molar-refractivity contribution < 1.29 is 4.39 Å². The maximum absolute atomic E-state index is 13.7. The topological polar surface area (TPSA) is 55.1 Å². The highest BCUT2D eigenvalue weighted by Gasteiger charge is 2.14. The van der Waals surface area contributed by atoms with Crippen molar-refractivity contribution in [1.82, 2.24) is 19.6 Å². The van der Waals surface area contributed by atoms with E-state index in [9.17, 15) is 4.39 Å². The van der Waals surface area contributed by atoms with Gasteiger partial charge in [0, 0.05) is 17.6 Å². The third-order valence-corrected chi connectivity index (χ3v) is 4.43. The maximum Gasteiger partial charge on any atom is 0.160 e. The fourth-order valence-electron chi connectivity index (χ4n) is 2.64. The van der Waals surface area contributed by atoms with E-state index < -0.39 is 0 Å². The molecule has 1 aromatic carbocycles. The van der Waals surface area contributed by atoms with Crippen molar-refractivity contribution >= 4 is 38.3 Å². The quantitative estimate of drug-likeness (QED) is 0.569. The van der Waals surface area contributed by atoms with Crippen molar-refractivity contribution in [3.05, 3.63) is 64.8 Å². The van der Waals surface area contributed by atoms with Crippen molar-refractivity contribution in [2.45, 2.75) is 13.0 Å². The number of nitrogens with one attached hydrogen (secondary N) is 1. The molecule has 3 aromatic heterocycles. The molecule has 4 aromatic rings. The minimum absolute atomic E-state index is 0.104. The van der Waals surface area contributed by atoms with Gasteiger partial charge in [-0.05, 0) is 53.2 Å². The van der Waals surface area contributed by atoms with Gasteiger partial charge in [-0.25, -0.2) is 9.37 Å². The molecule has 0 radical (unpaired) electrons. The lowest BCUT2D eigenvalue weighted by molar-refractivity contribution is 0.623. The van der Waals surface area contributed by atoms with Crippen molar-refractivity contribution in [3.63, 3.8) is 0 Å². The summed E-state index contributed by atoms with van der Waals surface area (Å²) in [4.78, 5) is 4.48. The van der Waals surface area contributed by atoms with E-state index in [0.717, 1.165) is 16.9 Å². The lowest BCUT2D eigenvalue weighted by atomic mass is 10.2. The normalized spacial score (nSPS) is 12.6. The Balaban J connectivity index is 1.67. The largest absolute Gasteiger partial charge is 0.360 e. The van der Waals surface area contributed by atoms with Gasteiger partial charge in [0.05, 0.1) is 16.0 Å². The number of anilines is 1. The molecule has 3 heterocycles. The van der Waals surface area contributed by atoms with Crippen molar-refractivity contribution in [2.24, 2.45) is 0 Å². The molecule has 0 aliphatic rings. The number of hydrogen-bond donors (Lipinski definition) is 1. The summed E-state index contributed by atoms with van der Waals surface area (Å²) in [6.07, 6.45) is 1.92. The van der Waals surface area contributed by atoms with E-state index in [1.807, 2.05) is 47.9 Å². The minimum Gasteiger partial charge on any atom is -0.360 e. The number of hydrogen-bond acceptors (Lipinski definition) is 4. The Morgan fingerprint density at radius 2 is 2.04 bits per heavy atom. The Morgan fingerprint density at radius 1 is 1.17 bits per heavy atom. The van der Waals surface area contributed by atoms with Gasteiger partial charge in [-0.15, -0.1) is 10.2 Å². The molecule has 4 rings (SSSR count). The average Bonchev–Trinajstić information content (AvgIpc) is 3.00. The molecule has 0 saturated carbocycles. The van der Waals surface area contributed by atoms with Crippen LogP contribution in [0.1, 0.15) is 18.8 Å². The SMILES string of the molecule is CC(Nc1ccc2cc(Br)c(F)cc2n1)c1nnc2ccccn12. The van der Waals surface area contributed by atoms with Crippen LogP contribution in [0.2, 0.25) is 0 Å². The van der Waals surface area contributed by atoms with Gasteiger partial charge in [0.1, 0.15) is 11.6 Å². The fourth-order valence-corrected chi connectivity index (χ4v) is 3.00. The monoisotopic (exact) mass is 385 g/mol. The van der Waals surface area contributed by atoms with Gasteiger partial charge in [0.15, 0.2) is 11.5 Å². The summed E-state index contributed by atoms with van der Waals surface area (Å²) in [5.74, 6) is 1.11. The van der Waals surface area contributed by atoms with Crippen LogP contribution in [-0.2, 0) is 0 Å². The predicted molar refractivity (Wildman–Crippen MR) is 94.4 cm³/mol. The molecule has 0 aliphatic carbocycles. The van der Waals surface area contributed by atoms with Gasteiger partial charge in [-0.1, -0.05) is 6.07 Å². The van der Waals surface area contributed by atoms with E-state index in [-0.39, 0.29) is 11.9 Å². The number of benzene rings is 1. The molecule has 120 valence electrons. The second kappa shape index (κ2) is 5.83. The molecule has 24 heavy (non-hydrogen) atoms. The fraction of sp³-hybridized carbons (Fsp3) is 0.118. The first-order valence-corrected chi connectivity index (χ1v) is 8.23. The van der Waals surface area contributed by atoms with E-state index in [2.05, 4.69) is 36.4 Å². The Labute approximate surface area is 145 Å². The summed E-state index contributed by atoms with van der Waals surface area (Å²) in [7, 11) is 0. The van der Waals surface area contributed by atoms with Crippen molar-refractivity contribution in [1.29, 1.82) is 0 Å². The van der Waals surface area contributed by atoms with Crippen molar-refractivity contribution in [2.75, 3.05) is 5.32 Å². The van der Waals surface area contributed by atoms with Crippen LogP contribution in [0.25, 0.3) is 16.6 Å². The number of pyridine rings is 2. The summed E-state index contributed by atoms with van der Waals surface area (Å²) >= 11 is 3.19. The minimum atomic E-state index is -0.330. The van der Waals surface area contributed by atoms with Gasteiger partial charge in [-0.2, -0.15) is 0 Å². The first kappa shape index (κ1) is 15.0. The molecule has 0 saturated heterocycles. The van der Waals surface area contributed by atoms with Gasteiger partial charge in [0.2, 0.25) is 0 Å². The van der Waals surface area contributed by atoms with Crippen LogP contribution < -0.4 is 5.32 Å². The molecule has 1 N–H and O–H groups in total. The first-order valence-electron chi connectivity index (χ1n) is 7.44. The van der Waals surface area contributed by atoms with Crippen LogP contribution in [0.15, 0.2) is 53.1 Å².